The van der Waals surface area contributed by atoms with Crippen molar-refractivity contribution >= 4 is 40.6 Å². The number of anilines is 1. The van der Waals surface area contributed by atoms with Gasteiger partial charge in [-0.05, 0) is 36.4 Å². The van der Waals surface area contributed by atoms with Gasteiger partial charge in [0.25, 0.3) is 11.6 Å². The number of rotatable bonds is 2. The Hall–Kier alpha value is -2.05. The fourth-order valence-corrected chi connectivity index (χ4v) is 3.66. The second-order valence-electron chi connectivity index (χ2n) is 5.05. The molecule has 7 heteroatoms. The number of benzene rings is 2. The van der Waals surface area contributed by atoms with Gasteiger partial charge >= 0.3 is 0 Å². The standard InChI is InChI=1S/C16H13ClN2O3S/c17-12-7-6-11(10-14(12)19(21)22)16(20)18-8-3-9-23-15-5-2-1-4-13(15)18/h1-2,4-7,10H,3,8-9H2. The summed E-state index contributed by atoms with van der Waals surface area (Å²) in [6.07, 6.45) is 0.862. The fourth-order valence-electron chi connectivity index (χ4n) is 2.48. The lowest BCUT2D eigenvalue weighted by Crippen LogP contribution is -2.31. The van der Waals surface area contributed by atoms with Crippen LogP contribution < -0.4 is 4.90 Å². The minimum Gasteiger partial charge on any atom is -0.307 e. The monoisotopic (exact) mass is 348 g/mol. The Morgan fingerprint density at radius 3 is 2.83 bits per heavy atom. The van der Waals surface area contributed by atoms with Gasteiger partial charge in [0.1, 0.15) is 5.02 Å². The maximum Gasteiger partial charge on any atom is 0.288 e. The van der Waals surface area contributed by atoms with Crippen LogP contribution in [0.1, 0.15) is 16.8 Å². The molecule has 1 heterocycles. The van der Waals surface area contributed by atoms with Gasteiger partial charge in [0.15, 0.2) is 0 Å². The molecule has 1 amide bonds. The van der Waals surface area contributed by atoms with Crippen LogP contribution in [0.3, 0.4) is 0 Å². The molecule has 0 saturated heterocycles. The third-order valence-electron chi connectivity index (χ3n) is 3.57. The van der Waals surface area contributed by atoms with Crippen molar-refractivity contribution in [2.75, 3.05) is 17.2 Å². The molecule has 118 valence electrons. The summed E-state index contributed by atoms with van der Waals surface area (Å²) in [4.78, 5) is 26.0. The number of fused-ring (bicyclic) bond motifs is 1. The van der Waals surface area contributed by atoms with Crippen LogP contribution in [0.5, 0.6) is 0 Å². The van der Waals surface area contributed by atoms with E-state index in [2.05, 4.69) is 0 Å². The molecular weight excluding hydrogens is 336 g/mol. The Labute approximate surface area is 142 Å². The molecule has 1 aliphatic heterocycles. The van der Waals surface area contributed by atoms with Gasteiger partial charge in [-0.3, -0.25) is 14.9 Å². The number of nitro benzene ring substituents is 1. The summed E-state index contributed by atoms with van der Waals surface area (Å²) in [6, 6.07) is 11.9. The van der Waals surface area contributed by atoms with E-state index in [1.807, 2.05) is 24.3 Å². The molecule has 0 saturated carbocycles. The van der Waals surface area contributed by atoms with E-state index >= 15 is 0 Å². The number of hydrogen-bond acceptors (Lipinski definition) is 4. The molecular formula is C16H13ClN2O3S. The number of thioether (sulfide) groups is 1. The molecule has 0 aliphatic carbocycles. The number of carbonyl (C=O) groups excluding carboxylic acids is 1. The smallest absolute Gasteiger partial charge is 0.288 e. The van der Waals surface area contributed by atoms with E-state index in [-0.39, 0.29) is 22.2 Å². The summed E-state index contributed by atoms with van der Waals surface area (Å²) in [6.45, 7) is 0.583. The average Bonchev–Trinajstić information content (AvgIpc) is 2.77. The van der Waals surface area contributed by atoms with Crippen LogP contribution in [0.25, 0.3) is 0 Å². The van der Waals surface area contributed by atoms with Crippen molar-refractivity contribution < 1.29 is 9.72 Å². The Bertz CT molecular complexity index is 782. The van der Waals surface area contributed by atoms with E-state index in [1.54, 1.807) is 16.7 Å². The van der Waals surface area contributed by atoms with Crippen molar-refractivity contribution in [2.45, 2.75) is 11.3 Å². The summed E-state index contributed by atoms with van der Waals surface area (Å²) in [5, 5.41) is 11.0. The van der Waals surface area contributed by atoms with Gasteiger partial charge in [0, 0.05) is 23.1 Å². The first-order valence-electron chi connectivity index (χ1n) is 7.05. The van der Waals surface area contributed by atoms with Crippen LogP contribution in [-0.2, 0) is 0 Å². The SMILES string of the molecule is O=C(c1ccc(Cl)c([N+](=O)[O-])c1)N1CCCSc2ccccc21. The highest BCUT2D eigenvalue weighted by atomic mass is 35.5. The Balaban J connectivity index is 2.00. The molecule has 0 fully saturated rings. The van der Waals surface area contributed by atoms with Crippen molar-refractivity contribution in [3.05, 3.63) is 63.2 Å². The minimum atomic E-state index is -0.578. The highest BCUT2D eigenvalue weighted by Gasteiger charge is 2.24. The number of amides is 1. The van der Waals surface area contributed by atoms with Crippen LogP contribution in [-0.4, -0.2) is 23.1 Å². The first kappa shape index (κ1) is 15.8. The van der Waals surface area contributed by atoms with Crippen LogP contribution in [0.15, 0.2) is 47.4 Å². The highest BCUT2D eigenvalue weighted by Crippen LogP contribution is 2.35. The van der Waals surface area contributed by atoms with Crippen LogP contribution in [0.4, 0.5) is 11.4 Å². The van der Waals surface area contributed by atoms with Gasteiger partial charge < -0.3 is 4.90 Å². The second-order valence-corrected chi connectivity index (χ2v) is 6.59. The quantitative estimate of drug-likeness (QED) is 0.596. The number of nitro groups is 1. The zero-order valence-corrected chi connectivity index (χ0v) is 13.6. The molecule has 23 heavy (non-hydrogen) atoms. The summed E-state index contributed by atoms with van der Waals surface area (Å²) in [5.74, 6) is 0.682. The Morgan fingerprint density at radius 1 is 1.26 bits per heavy atom. The van der Waals surface area contributed by atoms with E-state index in [1.165, 1.54) is 18.2 Å². The molecule has 0 radical (unpaired) electrons. The number of halogens is 1. The first-order chi connectivity index (χ1) is 11.1. The molecule has 0 atom stereocenters. The number of hydrogen-bond donors (Lipinski definition) is 0. The average molecular weight is 349 g/mol. The van der Waals surface area contributed by atoms with E-state index in [0.717, 1.165) is 22.8 Å². The summed E-state index contributed by atoms with van der Waals surface area (Å²) in [5.41, 5.74) is 0.857. The van der Waals surface area contributed by atoms with Crippen molar-refractivity contribution in [3.63, 3.8) is 0 Å². The molecule has 0 N–H and O–H groups in total. The lowest BCUT2D eigenvalue weighted by atomic mass is 10.1. The first-order valence-corrected chi connectivity index (χ1v) is 8.42. The van der Waals surface area contributed by atoms with Gasteiger partial charge in [-0.1, -0.05) is 23.7 Å². The van der Waals surface area contributed by atoms with Gasteiger partial charge in [-0.25, -0.2) is 0 Å². The summed E-state index contributed by atoms with van der Waals surface area (Å²) >= 11 is 7.53. The molecule has 0 spiro atoms. The molecule has 0 bridgehead atoms. The normalized spacial score (nSPS) is 14.0. The molecule has 2 aromatic carbocycles. The third-order valence-corrected chi connectivity index (χ3v) is 5.04. The predicted octanol–water partition coefficient (Wildman–Crippen LogP) is 4.39. The fraction of sp³-hybridized carbons (Fsp3) is 0.188. The van der Waals surface area contributed by atoms with Crippen LogP contribution in [0, 0.1) is 10.1 Å². The molecule has 2 aromatic rings. The summed E-state index contributed by atoms with van der Waals surface area (Å²) < 4.78 is 0. The number of carbonyl (C=O) groups is 1. The van der Waals surface area contributed by atoms with Crippen molar-refractivity contribution in [2.24, 2.45) is 0 Å². The molecule has 3 rings (SSSR count). The number of nitrogens with zero attached hydrogens (tertiary/aromatic N) is 2. The number of para-hydroxylation sites is 1. The van der Waals surface area contributed by atoms with Gasteiger partial charge in [0.05, 0.1) is 10.6 Å². The molecule has 1 aliphatic rings. The lowest BCUT2D eigenvalue weighted by molar-refractivity contribution is -0.384. The highest BCUT2D eigenvalue weighted by molar-refractivity contribution is 7.99. The summed E-state index contributed by atoms with van der Waals surface area (Å²) in [7, 11) is 0. The van der Waals surface area contributed by atoms with E-state index < -0.39 is 4.92 Å². The second kappa shape index (κ2) is 6.60. The maximum absolute atomic E-state index is 12.9. The Kier molecular flexibility index (Phi) is 4.54. The van der Waals surface area contributed by atoms with Gasteiger partial charge in [-0.15, -0.1) is 11.8 Å². The Morgan fingerprint density at radius 2 is 2.04 bits per heavy atom. The predicted molar refractivity (Wildman–Crippen MR) is 91.6 cm³/mol. The largest absolute Gasteiger partial charge is 0.307 e. The lowest BCUT2D eigenvalue weighted by Gasteiger charge is -2.22. The zero-order valence-electron chi connectivity index (χ0n) is 12.1. The van der Waals surface area contributed by atoms with Crippen molar-refractivity contribution in [3.8, 4) is 0 Å². The van der Waals surface area contributed by atoms with Gasteiger partial charge in [0.2, 0.25) is 0 Å². The zero-order chi connectivity index (χ0) is 16.4. The van der Waals surface area contributed by atoms with E-state index in [9.17, 15) is 14.9 Å². The molecule has 0 aromatic heterocycles. The van der Waals surface area contributed by atoms with Crippen molar-refractivity contribution in [1.82, 2.24) is 0 Å². The van der Waals surface area contributed by atoms with Gasteiger partial charge in [-0.2, -0.15) is 0 Å². The van der Waals surface area contributed by atoms with Crippen LogP contribution >= 0.6 is 23.4 Å². The molecule has 5 nitrogen and oxygen atoms in total. The van der Waals surface area contributed by atoms with E-state index in [0.29, 0.717) is 6.54 Å². The third kappa shape index (κ3) is 3.18. The maximum atomic E-state index is 12.9. The molecule has 0 unspecified atom stereocenters. The van der Waals surface area contributed by atoms with Crippen molar-refractivity contribution in [1.29, 1.82) is 0 Å². The van der Waals surface area contributed by atoms with Crippen LogP contribution in [0.2, 0.25) is 5.02 Å². The van der Waals surface area contributed by atoms with E-state index in [4.69, 9.17) is 11.6 Å². The minimum absolute atomic E-state index is 0.0263. The topological polar surface area (TPSA) is 63.4 Å².